The Labute approximate surface area is 139 Å². The molecule has 2 rings (SSSR count). The number of nitrogens with zero attached hydrogens (tertiary/aromatic N) is 1. The molecule has 1 atom stereocenters. The standard InChI is InChI=1S/C12H7Cl4NO4/c1-2-3(12(20)21)17-10(18)4-5(11(17)19)7(14)9(16)8(15)6(4)13/h3H,2H2,1H3,(H,20,21)/p-1/t3-/m1/s1. The first kappa shape index (κ1) is 16.4. The van der Waals surface area contributed by atoms with Crippen LogP contribution in [0.1, 0.15) is 34.1 Å². The van der Waals surface area contributed by atoms with Crippen molar-refractivity contribution in [1.29, 1.82) is 0 Å². The zero-order valence-corrected chi connectivity index (χ0v) is 13.4. The number of carboxylic acids is 1. The van der Waals surface area contributed by atoms with Crippen molar-refractivity contribution in [2.45, 2.75) is 19.4 Å². The highest BCUT2D eigenvalue weighted by Crippen LogP contribution is 2.45. The van der Waals surface area contributed by atoms with E-state index in [-0.39, 0.29) is 37.6 Å². The number of carbonyl (C=O) groups excluding carboxylic acids is 3. The van der Waals surface area contributed by atoms with Gasteiger partial charge in [-0.2, -0.15) is 0 Å². The van der Waals surface area contributed by atoms with Crippen molar-refractivity contribution in [3.05, 3.63) is 31.2 Å². The van der Waals surface area contributed by atoms with Gasteiger partial charge in [-0.05, 0) is 6.42 Å². The highest BCUT2D eigenvalue weighted by atomic mass is 35.5. The number of carbonyl (C=O) groups is 3. The van der Waals surface area contributed by atoms with E-state index < -0.39 is 23.8 Å². The first-order valence-corrected chi connectivity index (χ1v) is 7.19. The predicted octanol–water partition coefficient (Wildman–Crippen LogP) is 2.42. The molecule has 0 N–H and O–H groups in total. The summed E-state index contributed by atoms with van der Waals surface area (Å²) in [5.41, 5.74) is -0.499. The first-order valence-electron chi connectivity index (χ1n) is 5.68. The Morgan fingerprint density at radius 1 is 1.00 bits per heavy atom. The maximum atomic E-state index is 12.3. The predicted molar refractivity (Wildman–Crippen MR) is 76.1 cm³/mol. The molecule has 1 aliphatic heterocycles. The smallest absolute Gasteiger partial charge is 0.263 e. The molecule has 112 valence electrons. The minimum absolute atomic E-state index is 0.0233. The molecule has 1 aliphatic rings. The maximum absolute atomic E-state index is 12.3. The van der Waals surface area contributed by atoms with Crippen LogP contribution in [0.2, 0.25) is 20.1 Å². The monoisotopic (exact) mass is 368 g/mol. The van der Waals surface area contributed by atoms with Gasteiger partial charge in [-0.25, -0.2) is 0 Å². The molecule has 0 radical (unpaired) electrons. The number of rotatable bonds is 3. The molecule has 0 aliphatic carbocycles. The summed E-state index contributed by atoms with van der Waals surface area (Å²) in [5.74, 6) is -3.34. The van der Waals surface area contributed by atoms with E-state index in [9.17, 15) is 19.5 Å². The summed E-state index contributed by atoms with van der Waals surface area (Å²) in [6.45, 7) is 1.49. The average molecular weight is 370 g/mol. The molecule has 0 fully saturated rings. The Bertz CT molecular complexity index is 642. The van der Waals surface area contributed by atoms with Crippen molar-refractivity contribution in [1.82, 2.24) is 4.90 Å². The van der Waals surface area contributed by atoms with Gasteiger partial charge in [0.2, 0.25) is 0 Å². The Morgan fingerprint density at radius 3 is 1.67 bits per heavy atom. The van der Waals surface area contributed by atoms with Gasteiger partial charge in [-0.3, -0.25) is 14.5 Å². The molecular formula is C12H6Cl4NO4-. The lowest BCUT2D eigenvalue weighted by Crippen LogP contribution is -2.50. The van der Waals surface area contributed by atoms with Gasteiger partial charge in [0, 0.05) is 0 Å². The third-order valence-corrected chi connectivity index (χ3v) is 4.90. The van der Waals surface area contributed by atoms with Gasteiger partial charge in [0.15, 0.2) is 0 Å². The molecule has 0 saturated carbocycles. The summed E-state index contributed by atoms with van der Waals surface area (Å²) in [7, 11) is 0. The van der Waals surface area contributed by atoms with Crippen molar-refractivity contribution in [3.8, 4) is 0 Å². The molecule has 0 aromatic heterocycles. The Kier molecular flexibility index (Phi) is 4.40. The third-order valence-electron chi connectivity index (χ3n) is 3.10. The van der Waals surface area contributed by atoms with Gasteiger partial charge in [-0.15, -0.1) is 0 Å². The van der Waals surface area contributed by atoms with Crippen LogP contribution in [0, 0.1) is 0 Å². The second-order valence-corrected chi connectivity index (χ2v) is 5.74. The first-order chi connectivity index (χ1) is 9.73. The topological polar surface area (TPSA) is 77.5 Å². The number of imide groups is 1. The van der Waals surface area contributed by atoms with Crippen molar-refractivity contribution < 1.29 is 19.5 Å². The molecule has 5 nitrogen and oxygen atoms in total. The van der Waals surface area contributed by atoms with Gasteiger partial charge in [-0.1, -0.05) is 53.3 Å². The lowest BCUT2D eigenvalue weighted by molar-refractivity contribution is -0.310. The molecule has 0 bridgehead atoms. The summed E-state index contributed by atoms with van der Waals surface area (Å²) >= 11 is 23.6. The third kappa shape index (κ3) is 2.28. The average Bonchev–Trinajstić information content (AvgIpc) is 2.68. The van der Waals surface area contributed by atoms with E-state index >= 15 is 0 Å². The molecule has 1 aromatic rings. The molecule has 2 amide bonds. The highest BCUT2D eigenvalue weighted by Gasteiger charge is 2.44. The van der Waals surface area contributed by atoms with Gasteiger partial charge in [0.25, 0.3) is 11.8 Å². The molecule has 0 unspecified atom stereocenters. The number of hydrogen-bond acceptors (Lipinski definition) is 4. The molecule has 0 spiro atoms. The normalized spacial score (nSPS) is 15.4. The summed E-state index contributed by atoms with van der Waals surface area (Å²) < 4.78 is 0. The van der Waals surface area contributed by atoms with E-state index in [4.69, 9.17) is 46.4 Å². The van der Waals surface area contributed by atoms with Crippen LogP contribution in [0.15, 0.2) is 0 Å². The number of benzene rings is 1. The van der Waals surface area contributed by atoms with Crippen LogP contribution in [0.25, 0.3) is 0 Å². The number of carboxylic acid groups (broad SMARTS) is 1. The van der Waals surface area contributed by atoms with Gasteiger partial charge < -0.3 is 9.90 Å². The van der Waals surface area contributed by atoms with Crippen LogP contribution >= 0.6 is 46.4 Å². The molecule has 1 heterocycles. The fourth-order valence-electron chi connectivity index (χ4n) is 2.10. The summed E-state index contributed by atoms with van der Waals surface area (Å²) in [6.07, 6.45) is -0.0233. The lowest BCUT2D eigenvalue weighted by atomic mass is 10.1. The summed E-state index contributed by atoms with van der Waals surface area (Å²) in [4.78, 5) is 36.3. The fourth-order valence-corrected chi connectivity index (χ4v) is 3.12. The van der Waals surface area contributed by atoms with Crippen LogP contribution in [0.3, 0.4) is 0 Å². The van der Waals surface area contributed by atoms with Crippen molar-refractivity contribution in [3.63, 3.8) is 0 Å². The minimum atomic E-state index is -1.56. The summed E-state index contributed by atoms with van der Waals surface area (Å²) in [6, 6.07) is -1.43. The van der Waals surface area contributed by atoms with Crippen molar-refractivity contribution in [2.75, 3.05) is 0 Å². The van der Waals surface area contributed by atoms with Crippen LogP contribution in [0.4, 0.5) is 0 Å². The Morgan fingerprint density at radius 2 is 1.38 bits per heavy atom. The highest BCUT2D eigenvalue weighted by molar-refractivity contribution is 6.55. The zero-order valence-electron chi connectivity index (χ0n) is 10.4. The summed E-state index contributed by atoms with van der Waals surface area (Å²) in [5, 5.41) is 10.3. The zero-order chi connectivity index (χ0) is 16.1. The van der Waals surface area contributed by atoms with Crippen molar-refractivity contribution >= 4 is 64.2 Å². The van der Waals surface area contributed by atoms with Gasteiger partial charge in [0.1, 0.15) is 0 Å². The van der Waals surface area contributed by atoms with E-state index in [1.54, 1.807) is 0 Å². The van der Waals surface area contributed by atoms with Crippen LogP contribution in [-0.4, -0.2) is 28.7 Å². The molecule has 1 aromatic carbocycles. The molecule has 21 heavy (non-hydrogen) atoms. The van der Waals surface area contributed by atoms with Crippen LogP contribution in [0.5, 0.6) is 0 Å². The second-order valence-electron chi connectivity index (χ2n) is 4.23. The Balaban J connectivity index is 2.71. The van der Waals surface area contributed by atoms with E-state index in [1.807, 2.05) is 0 Å². The fraction of sp³-hybridized carbons (Fsp3) is 0.250. The lowest BCUT2D eigenvalue weighted by Gasteiger charge is -2.25. The molecule has 0 saturated heterocycles. The maximum Gasteiger partial charge on any atom is 0.263 e. The number of amides is 2. The van der Waals surface area contributed by atoms with Crippen molar-refractivity contribution in [2.24, 2.45) is 0 Å². The van der Waals surface area contributed by atoms with Crippen LogP contribution in [-0.2, 0) is 4.79 Å². The Hall–Kier alpha value is -1.01. The number of halogens is 4. The SMILES string of the molecule is CC[C@H](C(=O)[O-])N1C(=O)c2c(Cl)c(Cl)c(Cl)c(Cl)c2C1=O. The van der Waals surface area contributed by atoms with E-state index in [2.05, 4.69) is 0 Å². The number of hydrogen-bond donors (Lipinski definition) is 0. The van der Waals surface area contributed by atoms with Crippen LogP contribution < -0.4 is 5.11 Å². The second kappa shape index (κ2) is 5.65. The largest absolute Gasteiger partial charge is 0.548 e. The molecular weight excluding hydrogens is 364 g/mol. The van der Waals surface area contributed by atoms with E-state index in [0.29, 0.717) is 4.90 Å². The van der Waals surface area contributed by atoms with Gasteiger partial charge in [0.05, 0.1) is 43.2 Å². The molecule has 9 heteroatoms. The van der Waals surface area contributed by atoms with Gasteiger partial charge >= 0.3 is 0 Å². The quantitative estimate of drug-likeness (QED) is 0.465. The minimum Gasteiger partial charge on any atom is -0.548 e. The van der Waals surface area contributed by atoms with E-state index in [1.165, 1.54) is 6.92 Å². The number of fused-ring (bicyclic) bond motifs is 1. The number of aliphatic carboxylic acids is 1. The van der Waals surface area contributed by atoms with E-state index in [0.717, 1.165) is 0 Å².